The molecule has 0 heterocycles. The number of unbranched alkanes of at least 4 members (excludes halogenated alkanes) is 4. The van der Waals surface area contributed by atoms with E-state index >= 15 is 0 Å². The largest absolute Gasteiger partial charge is 0.406 e. The van der Waals surface area contributed by atoms with Crippen LogP contribution in [0.4, 0.5) is 0 Å². The van der Waals surface area contributed by atoms with Crippen LogP contribution in [0.1, 0.15) is 92.4 Å². The van der Waals surface area contributed by atoms with E-state index in [1.165, 1.54) is 37.7 Å². The van der Waals surface area contributed by atoms with Crippen LogP contribution in [0.5, 0.6) is 0 Å². The van der Waals surface area contributed by atoms with Gasteiger partial charge in [0.15, 0.2) is 14.1 Å². The molecular formula is C21H40O2Si. The molecule has 0 aromatic carbocycles. The van der Waals surface area contributed by atoms with Crippen molar-refractivity contribution in [3.05, 3.63) is 11.1 Å². The van der Waals surface area contributed by atoms with E-state index in [0.29, 0.717) is 5.78 Å². The van der Waals surface area contributed by atoms with Crippen LogP contribution >= 0.6 is 0 Å². The van der Waals surface area contributed by atoms with Gasteiger partial charge in [-0.15, -0.1) is 0 Å². The second-order valence-electron chi connectivity index (χ2n) is 8.93. The van der Waals surface area contributed by atoms with Crippen molar-refractivity contribution in [1.29, 1.82) is 0 Å². The summed E-state index contributed by atoms with van der Waals surface area (Å²) in [5, 5.41) is 0.153. The summed E-state index contributed by atoms with van der Waals surface area (Å²) < 4.78 is 6.50. The molecule has 2 nitrogen and oxygen atoms in total. The SMILES string of the molecule is CCCCCC1=C(CCCCC)C(=O)C(O[Si](C)(C)C(C)(C)C)C1. The van der Waals surface area contributed by atoms with Crippen LogP contribution in [0, 0.1) is 0 Å². The summed E-state index contributed by atoms with van der Waals surface area (Å²) in [6.07, 6.45) is 9.98. The van der Waals surface area contributed by atoms with Gasteiger partial charge in [0.25, 0.3) is 0 Å². The summed E-state index contributed by atoms with van der Waals surface area (Å²) in [5.74, 6) is 0.308. The van der Waals surface area contributed by atoms with Crippen LogP contribution in [-0.2, 0) is 9.22 Å². The van der Waals surface area contributed by atoms with Crippen molar-refractivity contribution in [2.75, 3.05) is 0 Å². The normalized spacial score (nSPS) is 19.5. The lowest BCUT2D eigenvalue weighted by molar-refractivity contribution is -0.121. The van der Waals surface area contributed by atoms with Crippen molar-refractivity contribution in [3.8, 4) is 0 Å². The fourth-order valence-electron chi connectivity index (χ4n) is 3.13. The molecule has 0 bridgehead atoms. The fourth-order valence-corrected chi connectivity index (χ4v) is 4.38. The number of hydrogen-bond acceptors (Lipinski definition) is 2. The van der Waals surface area contributed by atoms with Crippen molar-refractivity contribution in [1.82, 2.24) is 0 Å². The molecule has 140 valence electrons. The smallest absolute Gasteiger partial charge is 0.193 e. The zero-order chi connectivity index (χ0) is 18.4. The quantitative estimate of drug-likeness (QED) is 0.319. The maximum atomic E-state index is 13.0. The molecule has 3 heteroatoms. The topological polar surface area (TPSA) is 26.3 Å². The van der Waals surface area contributed by atoms with Gasteiger partial charge >= 0.3 is 0 Å². The first-order valence-corrected chi connectivity index (χ1v) is 13.0. The Morgan fingerprint density at radius 3 is 2.04 bits per heavy atom. The molecule has 1 aliphatic rings. The minimum absolute atomic E-state index is 0.153. The summed E-state index contributed by atoms with van der Waals surface area (Å²) in [6, 6.07) is 0. The Balaban J connectivity index is 2.82. The van der Waals surface area contributed by atoms with Gasteiger partial charge < -0.3 is 4.43 Å². The van der Waals surface area contributed by atoms with Gasteiger partial charge in [-0.05, 0) is 49.4 Å². The van der Waals surface area contributed by atoms with E-state index in [1.54, 1.807) is 0 Å². The fraction of sp³-hybridized carbons (Fsp3) is 0.857. The summed E-state index contributed by atoms with van der Waals surface area (Å²) in [7, 11) is -1.89. The van der Waals surface area contributed by atoms with E-state index in [9.17, 15) is 4.79 Å². The molecule has 0 radical (unpaired) electrons. The zero-order valence-electron chi connectivity index (χ0n) is 17.3. The Labute approximate surface area is 151 Å². The minimum atomic E-state index is -1.89. The molecule has 1 rings (SSSR count). The van der Waals surface area contributed by atoms with Crippen molar-refractivity contribution in [2.24, 2.45) is 0 Å². The second-order valence-corrected chi connectivity index (χ2v) is 13.7. The second kappa shape index (κ2) is 9.33. The van der Waals surface area contributed by atoms with Gasteiger partial charge in [0.2, 0.25) is 0 Å². The van der Waals surface area contributed by atoms with Crippen LogP contribution in [0.15, 0.2) is 11.1 Å². The van der Waals surface area contributed by atoms with Gasteiger partial charge in [0.1, 0.15) is 6.10 Å². The molecule has 0 aromatic heterocycles. The predicted octanol–water partition coefficient (Wildman–Crippen LogP) is 6.81. The summed E-state index contributed by atoms with van der Waals surface area (Å²) in [5.41, 5.74) is 2.54. The first-order valence-electron chi connectivity index (χ1n) is 10.1. The van der Waals surface area contributed by atoms with Gasteiger partial charge in [0.05, 0.1) is 0 Å². The van der Waals surface area contributed by atoms with Crippen molar-refractivity contribution >= 4 is 14.1 Å². The Morgan fingerprint density at radius 1 is 1.00 bits per heavy atom. The van der Waals surface area contributed by atoms with E-state index in [1.807, 2.05) is 0 Å². The van der Waals surface area contributed by atoms with Crippen LogP contribution in [0.2, 0.25) is 18.1 Å². The van der Waals surface area contributed by atoms with E-state index in [-0.39, 0.29) is 11.1 Å². The molecule has 1 atom stereocenters. The van der Waals surface area contributed by atoms with Gasteiger partial charge in [-0.1, -0.05) is 65.9 Å². The van der Waals surface area contributed by atoms with Crippen LogP contribution in [0.25, 0.3) is 0 Å². The highest BCUT2D eigenvalue weighted by Gasteiger charge is 2.43. The van der Waals surface area contributed by atoms with Crippen LogP contribution in [-0.4, -0.2) is 20.2 Å². The Kier molecular flexibility index (Phi) is 8.41. The molecular weight excluding hydrogens is 312 g/mol. The Morgan fingerprint density at radius 2 is 1.54 bits per heavy atom. The lowest BCUT2D eigenvalue weighted by Gasteiger charge is -2.38. The molecule has 0 spiro atoms. The molecule has 1 aliphatic carbocycles. The number of carbonyl (C=O) groups excluding carboxylic acids is 1. The monoisotopic (exact) mass is 352 g/mol. The third-order valence-electron chi connectivity index (χ3n) is 5.80. The number of ketones is 1. The zero-order valence-corrected chi connectivity index (χ0v) is 18.3. The lowest BCUT2D eigenvalue weighted by Crippen LogP contribution is -2.45. The molecule has 24 heavy (non-hydrogen) atoms. The maximum Gasteiger partial charge on any atom is 0.193 e. The Bertz CT molecular complexity index is 443. The minimum Gasteiger partial charge on any atom is -0.406 e. The number of Topliss-reactive ketones (excluding diaryl/α,β-unsaturated/α-hetero) is 1. The van der Waals surface area contributed by atoms with Gasteiger partial charge in [-0.3, -0.25) is 4.79 Å². The van der Waals surface area contributed by atoms with Crippen molar-refractivity contribution in [3.63, 3.8) is 0 Å². The molecule has 0 N–H and O–H groups in total. The van der Waals surface area contributed by atoms with Gasteiger partial charge in [0, 0.05) is 6.42 Å². The summed E-state index contributed by atoms with van der Waals surface area (Å²) in [4.78, 5) is 13.0. The molecule has 1 unspecified atom stereocenters. The van der Waals surface area contributed by atoms with E-state index in [4.69, 9.17) is 4.43 Å². The van der Waals surface area contributed by atoms with E-state index in [0.717, 1.165) is 31.3 Å². The molecule has 0 aliphatic heterocycles. The maximum absolute atomic E-state index is 13.0. The third kappa shape index (κ3) is 5.84. The molecule has 0 saturated heterocycles. The molecule has 0 saturated carbocycles. The highest BCUT2D eigenvalue weighted by Crippen LogP contribution is 2.41. The van der Waals surface area contributed by atoms with Gasteiger partial charge in [-0.25, -0.2) is 0 Å². The van der Waals surface area contributed by atoms with Crippen molar-refractivity contribution < 1.29 is 9.22 Å². The molecule has 0 aromatic rings. The van der Waals surface area contributed by atoms with Crippen LogP contribution < -0.4 is 0 Å². The van der Waals surface area contributed by atoms with Crippen LogP contribution in [0.3, 0.4) is 0 Å². The first-order chi connectivity index (χ1) is 11.1. The lowest BCUT2D eigenvalue weighted by atomic mass is 9.99. The van der Waals surface area contributed by atoms with Gasteiger partial charge in [-0.2, -0.15) is 0 Å². The number of hydrogen-bond donors (Lipinski definition) is 0. The molecule has 0 amide bonds. The number of carbonyl (C=O) groups is 1. The summed E-state index contributed by atoms with van der Waals surface area (Å²) >= 11 is 0. The highest BCUT2D eigenvalue weighted by atomic mass is 28.4. The third-order valence-corrected chi connectivity index (χ3v) is 10.3. The standard InChI is InChI=1S/C21H40O2Si/c1-8-10-12-14-17-16-19(23-24(6,7)21(3,4)5)20(22)18(17)15-13-11-9-2/h19H,8-16H2,1-7H3. The summed E-state index contributed by atoms with van der Waals surface area (Å²) in [6.45, 7) is 15.7. The highest BCUT2D eigenvalue weighted by molar-refractivity contribution is 6.74. The van der Waals surface area contributed by atoms with E-state index in [2.05, 4.69) is 47.7 Å². The predicted molar refractivity (Wildman–Crippen MR) is 107 cm³/mol. The van der Waals surface area contributed by atoms with E-state index < -0.39 is 8.32 Å². The number of rotatable bonds is 10. The Hall–Kier alpha value is -0.413. The van der Waals surface area contributed by atoms with Crippen molar-refractivity contribution in [2.45, 2.75) is 117 Å². The first kappa shape index (κ1) is 21.6. The average Bonchev–Trinajstić information content (AvgIpc) is 2.75. The average molecular weight is 353 g/mol. The molecule has 0 fully saturated rings.